The number of rotatable bonds is 2. The van der Waals surface area contributed by atoms with Gasteiger partial charge >= 0.3 is 12.1 Å². The summed E-state index contributed by atoms with van der Waals surface area (Å²) in [4.78, 5) is 23.1. The van der Waals surface area contributed by atoms with Crippen molar-refractivity contribution < 1.29 is 19.4 Å². The molecule has 0 saturated heterocycles. The van der Waals surface area contributed by atoms with Crippen LogP contribution in [0.5, 0.6) is 0 Å². The molecule has 1 fully saturated rings. The molecule has 1 rings (SSSR count). The van der Waals surface area contributed by atoms with E-state index in [1.54, 1.807) is 27.7 Å². The Kier molecular flexibility index (Phi) is 4.24. The highest BCUT2D eigenvalue weighted by atomic mass is 16.6. The van der Waals surface area contributed by atoms with E-state index in [0.717, 1.165) is 12.8 Å². The summed E-state index contributed by atoms with van der Waals surface area (Å²) in [6.07, 6.45) is 2.55. The van der Waals surface area contributed by atoms with Gasteiger partial charge in [-0.25, -0.2) is 4.79 Å². The summed E-state index contributed by atoms with van der Waals surface area (Å²) in [6.45, 7) is 7.04. The van der Waals surface area contributed by atoms with E-state index in [2.05, 4.69) is 5.32 Å². The first-order valence-corrected chi connectivity index (χ1v) is 6.38. The Labute approximate surface area is 108 Å². The largest absolute Gasteiger partial charge is 0.481 e. The molecule has 18 heavy (non-hydrogen) atoms. The summed E-state index contributed by atoms with van der Waals surface area (Å²) < 4.78 is 5.17. The van der Waals surface area contributed by atoms with E-state index in [4.69, 9.17) is 4.74 Å². The fourth-order valence-corrected chi connectivity index (χ4v) is 2.27. The van der Waals surface area contributed by atoms with Crippen LogP contribution in [0.4, 0.5) is 4.79 Å². The maximum atomic E-state index is 11.7. The lowest BCUT2D eigenvalue weighted by atomic mass is 9.72. The van der Waals surface area contributed by atoms with E-state index in [9.17, 15) is 14.7 Å². The van der Waals surface area contributed by atoms with E-state index in [0.29, 0.717) is 12.8 Å². The highest BCUT2D eigenvalue weighted by Crippen LogP contribution is 2.36. The Hall–Kier alpha value is -1.26. The quantitative estimate of drug-likeness (QED) is 0.797. The molecule has 0 aliphatic heterocycles. The monoisotopic (exact) mass is 257 g/mol. The summed E-state index contributed by atoms with van der Waals surface area (Å²) in [7, 11) is 0. The second-order valence-corrected chi connectivity index (χ2v) is 6.17. The predicted molar refractivity (Wildman–Crippen MR) is 67.4 cm³/mol. The second kappa shape index (κ2) is 5.16. The van der Waals surface area contributed by atoms with E-state index in [1.165, 1.54) is 0 Å². The molecule has 104 valence electrons. The van der Waals surface area contributed by atoms with Crippen LogP contribution in [-0.2, 0) is 9.53 Å². The number of hydrogen-bond donors (Lipinski definition) is 2. The van der Waals surface area contributed by atoms with Crippen molar-refractivity contribution in [2.45, 2.75) is 65.0 Å². The van der Waals surface area contributed by atoms with E-state index < -0.39 is 23.1 Å². The number of carboxylic acid groups (broad SMARTS) is 1. The van der Waals surface area contributed by atoms with Crippen molar-refractivity contribution in [1.29, 1.82) is 0 Å². The average Bonchev–Trinajstić information content (AvgIpc) is 2.18. The molecule has 0 spiro atoms. The normalized spacial score (nSPS) is 28.6. The van der Waals surface area contributed by atoms with Gasteiger partial charge in [0.05, 0.1) is 5.41 Å². The fourth-order valence-electron chi connectivity index (χ4n) is 2.27. The zero-order valence-corrected chi connectivity index (χ0v) is 11.6. The van der Waals surface area contributed by atoms with Crippen LogP contribution in [0, 0.1) is 5.41 Å². The lowest BCUT2D eigenvalue weighted by Crippen LogP contribution is -2.53. The van der Waals surface area contributed by atoms with Gasteiger partial charge in [0.25, 0.3) is 0 Å². The standard InChI is InChI=1S/C13H23NO4/c1-12(2,3)18-11(17)14-9-7-5-6-8-13(9,4)10(15)16/h9H,5-8H2,1-4H3,(H,14,17)(H,15,16)/t9-,13-/m0/s1. The maximum Gasteiger partial charge on any atom is 0.407 e. The van der Waals surface area contributed by atoms with Crippen LogP contribution in [0.2, 0.25) is 0 Å². The van der Waals surface area contributed by atoms with Gasteiger partial charge in [-0.1, -0.05) is 12.8 Å². The average molecular weight is 257 g/mol. The maximum absolute atomic E-state index is 11.7. The van der Waals surface area contributed by atoms with Crippen molar-refractivity contribution in [1.82, 2.24) is 5.32 Å². The molecule has 1 amide bonds. The molecule has 0 aromatic carbocycles. The Morgan fingerprint density at radius 3 is 2.44 bits per heavy atom. The third-order valence-corrected chi connectivity index (χ3v) is 3.39. The van der Waals surface area contributed by atoms with Crippen LogP contribution < -0.4 is 5.32 Å². The van der Waals surface area contributed by atoms with Gasteiger partial charge in [-0.05, 0) is 40.5 Å². The summed E-state index contributed by atoms with van der Waals surface area (Å²) in [6, 6.07) is -0.362. The topological polar surface area (TPSA) is 75.6 Å². The number of ether oxygens (including phenoxy) is 1. The minimum atomic E-state index is -0.894. The van der Waals surface area contributed by atoms with Gasteiger partial charge in [0.15, 0.2) is 0 Å². The van der Waals surface area contributed by atoms with Crippen LogP contribution in [0.15, 0.2) is 0 Å². The molecule has 0 aromatic rings. The number of carbonyl (C=O) groups excluding carboxylic acids is 1. The van der Waals surface area contributed by atoms with Crippen LogP contribution in [-0.4, -0.2) is 28.8 Å². The van der Waals surface area contributed by atoms with Crippen molar-refractivity contribution >= 4 is 12.1 Å². The third kappa shape index (κ3) is 3.62. The highest BCUT2D eigenvalue weighted by Gasteiger charge is 2.44. The van der Waals surface area contributed by atoms with Gasteiger partial charge < -0.3 is 15.2 Å². The van der Waals surface area contributed by atoms with Crippen LogP contribution in [0.25, 0.3) is 0 Å². The predicted octanol–water partition coefficient (Wildman–Crippen LogP) is 2.54. The van der Waals surface area contributed by atoms with E-state index in [-0.39, 0.29) is 6.04 Å². The molecule has 0 aromatic heterocycles. The third-order valence-electron chi connectivity index (χ3n) is 3.39. The molecule has 0 heterocycles. The molecule has 2 atom stereocenters. The lowest BCUT2D eigenvalue weighted by molar-refractivity contribution is -0.151. The molecule has 0 bridgehead atoms. The molecule has 1 aliphatic carbocycles. The van der Waals surface area contributed by atoms with Crippen molar-refractivity contribution in [3.8, 4) is 0 Å². The second-order valence-electron chi connectivity index (χ2n) is 6.17. The first-order chi connectivity index (χ1) is 8.15. The molecular formula is C13H23NO4. The smallest absolute Gasteiger partial charge is 0.407 e. The molecule has 2 N–H and O–H groups in total. The number of amides is 1. The lowest BCUT2D eigenvalue weighted by Gasteiger charge is -2.38. The number of carbonyl (C=O) groups is 2. The SMILES string of the molecule is CC(C)(C)OC(=O)N[C@H]1CCCC[C@]1(C)C(=O)O. The fraction of sp³-hybridized carbons (Fsp3) is 0.846. The summed E-state index contributed by atoms with van der Waals surface area (Å²) in [5, 5.41) is 12.0. The molecule has 5 nitrogen and oxygen atoms in total. The van der Waals surface area contributed by atoms with Crippen molar-refractivity contribution in [3.63, 3.8) is 0 Å². The van der Waals surface area contributed by atoms with Gasteiger partial charge in [0.1, 0.15) is 5.60 Å². The van der Waals surface area contributed by atoms with Gasteiger partial charge in [-0.15, -0.1) is 0 Å². The van der Waals surface area contributed by atoms with E-state index in [1.807, 2.05) is 0 Å². The number of hydrogen-bond acceptors (Lipinski definition) is 3. The number of aliphatic carboxylic acids is 1. The number of alkyl carbamates (subject to hydrolysis) is 1. The molecular weight excluding hydrogens is 234 g/mol. The van der Waals surface area contributed by atoms with Crippen LogP contribution >= 0.6 is 0 Å². The molecule has 1 aliphatic rings. The number of nitrogens with one attached hydrogen (secondary N) is 1. The van der Waals surface area contributed by atoms with Crippen molar-refractivity contribution in [2.75, 3.05) is 0 Å². The van der Waals surface area contributed by atoms with Crippen molar-refractivity contribution in [2.24, 2.45) is 5.41 Å². The molecule has 1 saturated carbocycles. The zero-order chi connectivity index (χ0) is 14.0. The molecule has 0 radical (unpaired) electrons. The van der Waals surface area contributed by atoms with Crippen molar-refractivity contribution in [3.05, 3.63) is 0 Å². The summed E-state index contributed by atoms with van der Waals surface area (Å²) in [5.74, 6) is -0.858. The summed E-state index contributed by atoms with van der Waals surface area (Å²) >= 11 is 0. The van der Waals surface area contributed by atoms with Gasteiger partial charge in [0.2, 0.25) is 0 Å². The highest BCUT2D eigenvalue weighted by molar-refractivity contribution is 5.77. The van der Waals surface area contributed by atoms with Gasteiger partial charge in [-0.3, -0.25) is 4.79 Å². The Morgan fingerprint density at radius 1 is 1.33 bits per heavy atom. The Balaban J connectivity index is 2.69. The minimum Gasteiger partial charge on any atom is -0.481 e. The molecule has 5 heteroatoms. The Bertz CT molecular complexity index is 334. The first-order valence-electron chi connectivity index (χ1n) is 6.38. The van der Waals surface area contributed by atoms with E-state index >= 15 is 0 Å². The first kappa shape index (κ1) is 14.8. The minimum absolute atomic E-state index is 0.362. The zero-order valence-electron chi connectivity index (χ0n) is 11.6. The van der Waals surface area contributed by atoms with Crippen LogP contribution in [0.1, 0.15) is 53.4 Å². The summed E-state index contributed by atoms with van der Waals surface area (Å²) in [5.41, 5.74) is -1.46. The van der Waals surface area contributed by atoms with Crippen LogP contribution in [0.3, 0.4) is 0 Å². The Morgan fingerprint density at radius 2 is 1.94 bits per heavy atom. The van der Waals surface area contributed by atoms with Gasteiger partial charge in [0, 0.05) is 6.04 Å². The van der Waals surface area contributed by atoms with Gasteiger partial charge in [-0.2, -0.15) is 0 Å². The molecule has 0 unspecified atom stereocenters. The number of carboxylic acids is 1.